The molecule has 1 amide bonds. The zero-order chi connectivity index (χ0) is 20.7. The van der Waals surface area contributed by atoms with Crippen LogP contribution in [0.5, 0.6) is 0 Å². The fourth-order valence-electron chi connectivity index (χ4n) is 4.04. The van der Waals surface area contributed by atoms with Crippen molar-refractivity contribution in [2.75, 3.05) is 17.3 Å². The SMILES string of the molecule is O=C(CSc1ncnc2scc(-c3ccccc3)c12)N(C1CC1)C1CCS(=O)(=O)C1. The standard InChI is InChI=1S/C21H21N3O3S3/c25-18(24(15-6-7-15)16-8-9-30(26,27)12-16)11-29-21-19-17(14-4-2-1-3-5-14)10-28-20(19)22-13-23-21/h1-5,10,13,15-16H,6-9,11-12H2. The number of carbonyl (C=O) groups excluding carboxylic acids is 1. The van der Waals surface area contributed by atoms with Gasteiger partial charge in [0.25, 0.3) is 0 Å². The van der Waals surface area contributed by atoms with Gasteiger partial charge in [-0.15, -0.1) is 11.3 Å². The molecule has 0 spiro atoms. The number of hydrogen-bond acceptors (Lipinski definition) is 7. The zero-order valence-corrected chi connectivity index (χ0v) is 18.7. The first-order chi connectivity index (χ1) is 14.5. The molecule has 2 fully saturated rings. The Morgan fingerprint density at radius 3 is 2.63 bits per heavy atom. The molecule has 3 aromatic rings. The minimum absolute atomic E-state index is 0.00727. The second-order valence-electron chi connectivity index (χ2n) is 7.75. The summed E-state index contributed by atoms with van der Waals surface area (Å²) in [6, 6.07) is 10.1. The molecule has 1 unspecified atom stereocenters. The van der Waals surface area contributed by atoms with Gasteiger partial charge in [0.15, 0.2) is 9.84 Å². The van der Waals surface area contributed by atoms with Crippen molar-refractivity contribution in [2.24, 2.45) is 0 Å². The van der Waals surface area contributed by atoms with Gasteiger partial charge in [0.1, 0.15) is 16.2 Å². The number of sulfone groups is 1. The second-order valence-corrected chi connectivity index (χ2v) is 11.8. The molecular weight excluding hydrogens is 438 g/mol. The van der Waals surface area contributed by atoms with Gasteiger partial charge in [0.05, 0.1) is 22.6 Å². The molecule has 6 nitrogen and oxygen atoms in total. The van der Waals surface area contributed by atoms with Gasteiger partial charge in [-0.1, -0.05) is 42.1 Å². The van der Waals surface area contributed by atoms with Gasteiger partial charge in [-0.2, -0.15) is 0 Å². The van der Waals surface area contributed by atoms with E-state index in [1.54, 1.807) is 17.7 Å². The first kappa shape index (κ1) is 20.0. The largest absolute Gasteiger partial charge is 0.335 e. The third-order valence-corrected chi connectivity index (χ3v) is 9.19. The average molecular weight is 460 g/mol. The fraction of sp³-hybridized carbons (Fsp3) is 0.381. The molecule has 0 N–H and O–H groups in total. The van der Waals surface area contributed by atoms with Crippen molar-refractivity contribution in [3.8, 4) is 11.1 Å². The van der Waals surface area contributed by atoms with Crippen LogP contribution in [0, 0.1) is 0 Å². The first-order valence-electron chi connectivity index (χ1n) is 9.94. The normalized spacial score (nSPS) is 20.5. The number of carbonyl (C=O) groups is 1. The molecular formula is C21H21N3O3S3. The first-order valence-corrected chi connectivity index (χ1v) is 13.6. The van der Waals surface area contributed by atoms with E-state index >= 15 is 0 Å². The van der Waals surface area contributed by atoms with E-state index in [2.05, 4.69) is 27.5 Å². The van der Waals surface area contributed by atoms with E-state index in [4.69, 9.17) is 0 Å². The lowest BCUT2D eigenvalue weighted by molar-refractivity contribution is -0.130. The van der Waals surface area contributed by atoms with Crippen molar-refractivity contribution in [1.82, 2.24) is 14.9 Å². The molecule has 1 aromatic carbocycles. The predicted octanol–water partition coefficient (Wildman–Crippen LogP) is 3.63. The summed E-state index contributed by atoms with van der Waals surface area (Å²) in [6.45, 7) is 0. The van der Waals surface area contributed by atoms with Crippen molar-refractivity contribution >= 4 is 49.1 Å². The van der Waals surface area contributed by atoms with Crippen molar-refractivity contribution < 1.29 is 13.2 Å². The van der Waals surface area contributed by atoms with Crippen LogP contribution in [0.1, 0.15) is 19.3 Å². The summed E-state index contributed by atoms with van der Waals surface area (Å²) in [5.41, 5.74) is 2.18. The number of nitrogens with zero attached hydrogens (tertiary/aromatic N) is 3. The molecule has 2 aliphatic rings. The Balaban J connectivity index is 1.38. The van der Waals surface area contributed by atoms with Gasteiger partial charge in [-0.25, -0.2) is 18.4 Å². The summed E-state index contributed by atoms with van der Waals surface area (Å²) < 4.78 is 23.8. The minimum atomic E-state index is -3.02. The number of thiophene rings is 1. The number of thioether (sulfide) groups is 1. The van der Waals surface area contributed by atoms with E-state index < -0.39 is 9.84 Å². The van der Waals surface area contributed by atoms with E-state index in [0.29, 0.717) is 6.42 Å². The van der Waals surface area contributed by atoms with Gasteiger partial charge in [0, 0.05) is 23.0 Å². The van der Waals surface area contributed by atoms with Crippen LogP contribution in [-0.2, 0) is 14.6 Å². The maximum absolute atomic E-state index is 13.1. The molecule has 1 aliphatic heterocycles. The summed E-state index contributed by atoms with van der Waals surface area (Å²) in [4.78, 5) is 24.7. The predicted molar refractivity (Wildman–Crippen MR) is 121 cm³/mol. The highest BCUT2D eigenvalue weighted by molar-refractivity contribution is 8.00. The minimum Gasteiger partial charge on any atom is -0.335 e. The van der Waals surface area contributed by atoms with E-state index in [9.17, 15) is 13.2 Å². The number of fused-ring (bicyclic) bond motifs is 1. The van der Waals surface area contributed by atoms with Gasteiger partial charge >= 0.3 is 0 Å². The van der Waals surface area contributed by atoms with Crippen LogP contribution in [0.25, 0.3) is 21.3 Å². The number of amides is 1. The molecule has 1 saturated heterocycles. The monoisotopic (exact) mass is 459 g/mol. The van der Waals surface area contributed by atoms with Gasteiger partial charge in [-0.05, 0) is 24.8 Å². The molecule has 0 radical (unpaired) electrons. The van der Waals surface area contributed by atoms with Crippen molar-refractivity contribution in [3.63, 3.8) is 0 Å². The number of benzene rings is 1. The quantitative estimate of drug-likeness (QED) is 0.414. The Morgan fingerprint density at radius 1 is 1.13 bits per heavy atom. The van der Waals surface area contributed by atoms with Crippen LogP contribution in [0.15, 0.2) is 47.1 Å². The van der Waals surface area contributed by atoms with Crippen LogP contribution in [-0.4, -0.2) is 58.5 Å². The maximum atomic E-state index is 13.1. The molecule has 2 aromatic heterocycles. The van der Waals surface area contributed by atoms with Crippen molar-refractivity contribution in [3.05, 3.63) is 42.0 Å². The van der Waals surface area contributed by atoms with E-state index in [0.717, 1.165) is 39.2 Å². The molecule has 5 rings (SSSR count). The van der Waals surface area contributed by atoms with Crippen LogP contribution < -0.4 is 0 Å². The van der Waals surface area contributed by atoms with Crippen LogP contribution in [0.4, 0.5) is 0 Å². The summed E-state index contributed by atoms with van der Waals surface area (Å²) in [6.07, 6.45) is 4.03. The third-order valence-electron chi connectivity index (χ3n) is 5.58. The second kappa shape index (κ2) is 7.94. The number of aromatic nitrogens is 2. The average Bonchev–Trinajstić information content (AvgIpc) is 3.36. The molecule has 156 valence electrons. The lowest BCUT2D eigenvalue weighted by Gasteiger charge is -2.28. The van der Waals surface area contributed by atoms with E-state index in [1.165, 1.54) is 11.8 Å². The number of rotatable bonds is 6. The zero-order valence-electron chi connectivity index (χ0n) is 16.2. The summed E-state index contributed by atoms with van der Waals surface area (Å²) in [7, 11) is -3.02. The molecule has 1 atom stereocenters. The highest BCUT2D eigenvalue weighted by atomic mass is 32.2. The van der Waals surface area contributed by atoms with E-state index in [-0.39, 0.29) is 35.2 Å². The topological polar surface area (TPSA) is 80.2 Å². The van der Waals surface area contributed by atoms with Crippen LogP contribution in [0.3, 0.4) is 0 Å². The lowest BCUT2D eigenvalue weighted by Crippen LogP contribution is -2.43. The number of hydrogen-bond donors (Lipinski definition) is 0. The van der Waals surface area contributed by atoms with Crippen LogP contribution >= 0.6 is 23.1 Å². The Labute approximate surface area is 183 Å². The molecule has 0 bridgehead atoms. The van der Waals surface area contributed by atoms with Gasteiger partial charge < -0.3 is 4.90 Å². The summed E-state index contributed by atoms with van der Waals surface area (Å²) in [5.74, 6) is 0.542. The summed E-state index contributed by atoms with van der Waals surface area (Å²) in [5, 5.41) is 3.86. The highest BCUT2D eigenvalue weighted by Crippen LogP contribution is 2.38. The lowest BCUT2D eigenvalue weighted by atomic mass is 10.1. The molecule has 1 saturated carbocycles. The van der Waals surface area contributed by atoms with Gasteiger partial charge in [0.2, 0.25) is 5.91 Å². The smallest absolute Gasteiger partial charge is 0.233 e. The highest BCUT2D eigenvalue weighted by Gasteiger charge is 2.41. The Kier molecular flexibility index (Phi) is 5.28. The maximum Gasteiger partial charge on any atom is 0.233 e. The fourth-order valence-corrected chi connectivity index (χ4v) is 7.62. The van der Waals surface area contributed by atoms with Crippen LogP contribution in [0.2, 0.25) is 0 Å². The van der Waals surface area contributed by atoms with Crippen molar-refractivity contribution in [1.29, 1.82) is 0 Å². The molecule has 3 heterocycles. The van der Waals surface area contributed by atoms with Gasteiger partial charge in [-0.3, -0.25) is 4.79 Å². The summed E-state index contributed by atoms with van der Waals surface area (Å²) >= 11 is 2.99. The molecule has 1 aliphatic carbocycles. The Morgan fingerprint density at radius 2 is 1.93 bits per heavy atom. The molecule has 30 heavy (non-hydrogen) atoms. The Bertz CT molecular complexity index is 1190. The molecule has 9 heteroatoms. The van der Waals surface area contributed by atoms with Crippen molar-refractivity contribution in [2.45, 2.75) is 36.4 Å². The third kappa shape index (κ3) is 3.98. The Hall–Kier alpha value is -1.97. The van der Waals surface area contributed by atoms with E-state index in [1.807, 2.05) is 23.1 Å².